The largest absolute Gasteiger partial charge is 0.479 e. The minimum absolute atomic E-state index is 0.0828. The zero-order valence-corrected chi connectivity index (χ0v) is 11.0. The third-order valence-corrected chi connectivity index (χ3v) is 3.52. The molecule has 0 bridgehead atoms. The molecule has 0 aromatic carbocycles. The van der Waals surface area contributed by atoms with E-state index in [1.807, 2.05) is 0 Å². The molecule has 0 radical (unpaired) electrons. The van der Waals surface area contributed by atoms with Gasteiger partial charge in [0, 0.05) is 23.1 Å². The lowest BCUT2D eigenvalue weighted by Crippen LogP contribution is -1.95. The lowest BCUT2D eigenvalue weighted by Gasteiger charge is -1.95. The number of rotatable bonds is 2. The van der Waals surface area contributed by atoms with Crippen molar-refractivity contribution in [3.63, 3.8) is 0 Å². The van der Waals surface area contributed by atoms with Crippen LogP contribution in [0.4, 0.5) is 0 Å². The highest BCUT2D eigenvalue weighted by Crippen LogP contribution is 2.29. The minimum atomic E-state index is -3.96. The average molecular weight is 327 g/mol. The fraction of sp³-hybridized carbons (Fsp3) is 0.143. The van der Waals surface area contributed by atoms with Crippen LogP contribution in [-0.2, 0) is 9.05 Å². The highest BCUT2D eigenvalue weighted by atomic mass is 79.9. The topological polar surface area (TPSA) is 73.6 Å². The van der Waals surface area contributed by atoms with Gasteiger partial charge >= 0.3 is 0 Å². The zero-order chi connectivity index (χ0) is 11.9. The Labute approximate surface area is 104 Å². The van der Waals surface area contributed by atoms with Crippen molar-refractivity contribution in [2.24, 2.45) is 0 Å². The second-order valence-corrected chi connectivity index (χ2v) is 6.24. The van der Waals surface area contributed by atoms with E-state index in [2.05, 4.69) is 26.0 Å². The van der Waals surface area contributed by atoms with Crippen LogP contribution < -0.4 is 4.74 Å². The maximum absolute atomic E-state index is 11.4. The Morgan fingerprint density at radius 3 is 2.81 bits per heavy atom. The van der Waals surface area contributed by atoms with Crippen LogP contribution in [0, 0.1) is 0 Å². The molecule has 0 amide bonds. The third kappa shape index (κ3) is 1.87. The van der Waals surface area contributed by atoms with Crippen molar-refractivity contribution in [3.05, 3.63) is 16.9 Å². The smallest absolute Gasteiger partial charge is 0.270 e. The average Bonchev–Trinajstić information content (AvgIpc) is 2.54. The number of aromatic nitrogens is 3. The number of halogens is 2. The molecule has 0 atom stereocenters. The molecule has 2 aromatic rings. The molecule has 0 aliphatic rings. The molecule has 2 heterocycles. The van der Waals surface area contributed by atoms with Crippen LogP contribution in [0.5, 0.6) is 5.88 Å². The van der Waals surface area contributed by atoms with Crippen molar-refractivity contribution >= 4 is 41.3 Å². The Morgan fingerprint density at radius 1 is 1.56 bits per heavy atom. The number of ether oxygens (including phenoxy) is 1. The molecule has 2 aromatic heterocycles. The molecule has 9 heteroatoms. The van der Waals surface area contributed by atoms with Crippen LogP contribution in [0.3, 0.4) is 0 Å². The van der Waals surface area contributed by atoms with E-state index in [-0.39, 0.29) is 16.4 Å². The molecule has 0 fully saturated rings. The highest BCUT2D eigenvalue weighted by Gasteiger charge is 2.25. The molecule has 0 spiro atoms. The summed E-state index contributed by atoms with van der Waals surface area (Å²) < 4.78 is 29.5. The van der Waals surface area contributed by atoms with Gasteiger partial charge in [-0.25, -0.2) is 17.9 Å². The van der Waals surface area contributed by atoms with Crippen molar-refractivity contribution in [2.75, 3.05) is 7.11 Å². The molecular formula is C7H5BrClN3O3S. The number of fused-ring (bicyclic) bond motifs is 1. The Balaban J connectivity index is 2.90. The van der Waals surface area contributed by atoms with E-state index in [1.54, 1.807) is 6.20 Å². The van der Waals surface area contributed by atoms with E-state index in [4.69, 9.17) is 15.4 Å². The van der Waals surface area contributed by atoms with Crippen molar-refractivity contribution in [1.29, 1.82) is 0 Å². The summed E-state index contributed by atoms with van der Waals surface area (Å²) in [7, 11) is 2.64. The van der Waals surface area contributed by atoms with Crippen LogP contribution in [-0.4, -0.2) is 30.1 Å². The van der Waals surface area contributed by atoms with Crippen LogP contribution in [0.25, 0.3) is 5.65 Å². The molecule has 0 aliphatic heterocycles. The van der Waals surface area contributed by atoms with Gasteiger partial charge in [0.25, 0.3) is 14.9 Å². The summed E-state index contributed by atoms with van der Waals surface area (Å²) in [6.45, 7) is 0. The predicted octanol–water partition coefficient (Wildman–Crippen LogP) is 1.43. The number of hydrogen-bond donors (Lipinski definition) is 0. The van der Waals surface area contributed by atoms with Crippen LogP contribution in [0.15, 0.2) is 21.8 Å². The van der Waals surface area contributed by atoms with Gasteiger partial charge in [0.05, 0.1) is 11.6 Å². The lowest BCUT2D eigenvalue weighted by molar-refractivity contribution is 0.385. The normalized spacial score (nSPS) is 11.9. The maximum atomic E-state index is 11.4. The van der Waals surface area contributed by atoms with Gasteiger partial charge in [-0.1, -0.05) is 0 Å². The molecule has 86 valence electrons. The van der Waals surface area contributed by atoms with Gasteiger partial charge in [-0.05, 0) is 15.9 Å². The Bertz CT molecular complexity index is 654. The summed E-state index contributed by atoms with van der Waals surface area (Å²) in [4.78, 5) is 3.69. The van der Waals surface area contributed by atoms with E-state index in [1.165, 1.54) is 17.8 Å². The first-order valence-corrected chi connectivity index (χ1v) is 7.06. The van der Waals surface area contributed by atoms with Crippen LogP contribution in [0.1, 0.15) is 0 Å². The first-order chi connectivity index (χ1) is 7.43. The second kappa shape index (κ2) is 3.86. The zero-order valence-electron chi connectivity index (χ0n) is 7.89. The first-order valence-electron chi connectivity index (χ1n) is 3.96. The molecule has 0 aliphatic carbocycles. The molecule has 0 unspecified atom stereocenters. The highest BCUT2D eigenvalue weighted by molar-refractivity contribution is 9.10. The SMILES string of the molecule is COc1nn2cc(Br)cnc2c1S(=O)(=O)Cl. The van der Waals surface area contributed by atoms with Crippen LogP contribution in [0.2, 0.25) is 0 Å². The summed E-state index contributed by atoms with van der Waals surface area (Å²) in [5.74, 6) is -0.0828. The van der Waals surface area contributed by atoms with E-state index in [0.717, 1.165) is 0 Å². The summed E-state index contributed by atoms with van der Waals surface area (Å²) in [6, 6.07) is 0. The number of methoxy groups -OCH3 is 1. The summed E-state index contributed by atoms with van der Waals surface area (Å²) >= 11 is 3.19. The van der Waals surface area contributed by atoms with E-state index >= 15 is 0 Å². The van der Waals surface area contributed by atoms with Gasteiger partial charge in [0.15, 0.2) is 10.5 Å². The van der Waals surface area contributed by atoms with Gasteiger partial charge in [0.2, 0.25) is 0 Å². The van der Waals surface area contributed by atoms with Gasteiger partial charge < -0.3 is 4.74 Å². The molecule has 0 saturated heterocycles. The Kier molecular flexibility index (Phi) is 2.81. The van der Waals surface area contributed by atoms with E-state index < -0.39 is 9.05 Å². The summed E-state index contributed by atoms with van der Waals surface area (Å²) in [5.41, 5.74) is 0.120. The summed E-state index contributed by atoms with van der Waals surface area (Å²) in [6.07, 6.45) is 3.00. The van der Waals surface area contributed by atoms with E-state index in [9.17, 15) is 8.42 Å². The van der Waals surface area contributed by atoms with Gasteiger partial charge in [-0.3, -0.25) is 0 Å². The quantitative estimate of drug-likeness (QED) is 0.781. The molecular weight excluding hydrogens is 322 g/mol. The monoisotopic (exact) mass is 325 g/mol. The summed E-state index contributed by atoms with van der Waals surface area (Å²) in [5, 5.41) is 3.90. The minimum Gasteiger partial charge on any atom is -0.479 e. The van der Waals surface area contributed by atoms with Crippen molar-refractivity contribution in [3.8, 4) is 5.88 Å². The molecule has 6 nitrogen and oxygen atoms in total. The Hall–Kier alpha value is -0.860. The van der Waals surface area contributed by atoms with Crippen LogP contribution >= 0.6 is 26.6 Å². The second-order valence-electron chi connectivity index (χ2n) is 2.82. The van der Waals surface area contributed by atoms with Crippen molar-refractivity contribution in [1.82, 2.24) is 14.6 Å². The standard InChI is InChI=1S/C7H5BrClN3O3S/c1-15-7-5(16(9,13)14)6-10-2-4(8)3-12(6)11-7/h2-3H,1H3. The van der Waals surface area contributed by atoms with Gasteiger partial charge in [-0.2, -0.15) is 0 Å². The molecule has 0 N–H and O–H groups in total. The van der Waals surface area contributed by atoms with Crippen molar-refractivity contribution in [2.45, 2.75) is 4.90 Å². The van der Waals surface area contributed by atoms with E-state index in [0.29, 0.717) is 4.47 Å². The molecule has 0 saturated carbocycles. The lowest BCUT2D eigenvalue weighted by atomic mass is 10.6. The molecule has 16 heavy (non-hydrogen) atoms. The predicted molar refractivity (Wildman–Crippen MR) is 60.3 cm³/mol. The number of hydrogen-bond acceptors (Lipinski definition) is 5. The molecule has 2 rings (SSSR count). The van der Waals surface area contributed by atoms with Gasteiger partial charge in [-0.15, -0.1) is 5.10 Å². The fourth-order valence-corrected chi connectivity index (χ4v) is 2.62. The van der Waals surface area contributed by atoms with Crippen molar-refractivity contribution < 1.29 is 13.2 Å². The Morgan fingerprint density at radius 2 is 2.25 bits per heavy atom. The number of nitrogens with zero attached hydrogens (tertiary/aromatic N) is 3. The third-order valence-electron chi connectivity index (χ3n) is 1.81. The first kappa shape index (κ1) is 11.6. The van der Waals surface area contributed by atoms with Gasteiger partial charge in [0.1, 0.15) is 0 Å². The fourth-order valence-electron chi connectivity index (χ4n) is 1.22. The maximum Gasteiger partial charge on any atom is 0.270 e.